The number of carbonyl (C=O) groups is 3. The third-order valence-electron chi connectivity index (χ3n) is 6.70. The maximum atomic E-state index is 12.8. The molecule has 0 radical (unpaired) electrons. The minimum atomic E-state index is -0.277. The molecule has 0 N–H and O–H groups in total. The largest absolute Gasteiger partial charge is 0.872 e. The third-order valence-corrected chi connectivity index (χ3v) is 6.70. The predicted octanol–water partition coefficient (Wildman–Crippen LogP) is 5.93. The Morgan fingerprint density at radius 1 is 0.514 bits per heavy atom. The van der Waals surface area contributed by atoms with Gasteiger partial charge in [-0.05, 0) is 57.4 Å². The standard InChI is InChI=1S/C33H20O4/c34-30-24(31(35)27-17-21-11-7-6-10-20(21)16-26(27)30)14-4-2-1-3-5-15-25-32(36)28-18-22-12-8-9-13-23(22)19-29(28)33(25)37/h1-19,34H/p-1/b2-1+,5-3+,14-4+. The highest BCUT2D eigenvalue weighted by Gasteiger charge is 2.32. The topological polar surface area (TPSA) is 74.3 Å². The van der Waals surface area contributed by atoms with Gasteiger partial charge in [-0.2, -0.15) is 0 Å². The van der Waals surface area contributed by atoms with E-state index >= 15 is 0 Å². The predicted molar refractivity (Wildman–Crippen MR) is 143 cm³/mol. The first-order valence-corrected chi connectivity index (χ1v) is 11.9. The van der Waals surface area contributed by atoms with E-state index in [1.165, 1.54) is 12.2 Å². The van der Waals surface area contributed by atoms with Gasteiger partial charge in [0.2, 0.25) is 0 Å². The van der Waals surface area contributed by atoms with Crippen molar-refractivity contribution in [2.75, 3.05) is 0 Å². The van der Waals surface area contributed by atoms with Crippen molar-refractivity contribution in [1.29, 1.82) is 0 Å². The molecule has 37 heavy (non-hydrogen) atoms. The molecule has 0 atom stereocenters. The highest BCUT2D eigenvalue weighted by molar-refractivity contribution is 6.40. The quantitative estimate of drug-likeness (QED) is 0.206. The lowest BCUT2D eigenvalue weighted by molar-refractivity contribution is -0.244. The summed E-state index contributed by atoms with van der Waals surface area (Å²) in [6.07, 6.45) is 11.4. The average molecular weight is 480 g/mol. The molecule has 0 aliphatic heterocycles. The second-order valence-corrected chi connectivity index (χ2v) is 8.93. The zero-order valence-corrected chi connectivity index (χ0v) is 19.6. The molecule has 2 aliphatic carbocycles. The van der Waals surface area contributed by atoms with E-state index in [0.29, 0.717) is 22.3 Å². The number of Topliss-reactive ketones (excluding diaryl/α,β-unsaturated/α-hetero) is 3. The van der Waals surface area contributed by atoms with Crippen LogP contribution in [0.25, 0.3) is 27.3 Å². The fraction of sp³-hybridized carbons (Fsp3) is 0. The van der Waals surface area contributed by atoms with Crippen molar-refractivity contribution in [2.45, 2.75) is 0 Å². The lowest BCUT2D eigenvalue weighted by Crippen LogP contribution is -2.02. The van der Waals surface area contributed by atoms with E-state index in [1.54, 1.807) is 54.6 Å². The Labute approximate surface area is 212 Å². The van der Waals surface area contributed by atoms with Crippen molar-refractivity contribution in [3.8, 4) is 0 Å². The first kappa shape index (κ1) is 22.4. The molecule has 0 fully saturated rings. The van der Waals surface area contributed by atoms with Gasteiger partial charge in [-0.15, -0.1) is 0 Å². The van der Waals surface area contributed by atoms with Crippen LogP contribution in [0.3, 0.4) is 0 Å². The molecule has 2 aliphatic rings. The number of carbonyl (C=O) groups excluding carboxylic acids is 3. The van der Waals surface area contributed by atoms with Crippen molar-refractivity contribution in [2.24, 2.45) is 0 Å². The van der Waals surface area contributed by atoms with Gasteiger partial charge in [-0.1, -0.05) is 90.7 Å². The zero-order chi connectivity index (χ0) is 25.5. The molecule has 176 valence electrons. The molecule has 0 unspecified atom stereocenters. The molecule has 0 spiro atoms. The van der Waals surface area contributed by atoms with Gasteiger partial charge in [-0.3, -0.25) is 14.4 Å². The monoisotopic (exact) mass is 479 g/mol. The molecule has 4 aromatic carbocycles. The Kier molecular flexibility index (Phi) is 5.35. The second-order valence-electron chi connectivity index (χ2n) is 8.93. The molecule has 0 aromatic heterocycles. The van der Waals surface area contributed by atoms with Crippen LogP contribution >= 0.6 is 0 Å². The second kappa shape index (κ2) is 8.85. The molecule has 6 rings (SSSR count). The third kappa shape index (κ3) is 3.76. The molecule has 0 bridgehead atoms. The van der Waals surface area contributed by atoms with Crippen LogP contribution in [0.15, 0.2) is 126 Å². The molecule has 0 saturated carbocycles. The van der Waals surface area contributed by atoms with E-state index < -0.39 is 0 Å². The zero-order valence-electron chi connectivity index (χ0n) is 19.6. The minimum absolute atomic E-state index is 0.133. The molecular weight excluding hydrogens is 460 g/mol. The van der Waals surface area contributed by atoms with Gasteiger partial charge in [0.05, 0.1) is 5.57 Å². The molecule has 0 saturated heterocycles. The number of hydrogen-bond donors (Lipinski definition) is 0. The van der Waals surface area contributed by atoms with Crippen LogP contribution in [0.2, 0.25) is 0 Å². The van der Waals surface area contributed by atoms with E-state index in [1.807, 2.05) is 48.5 Å². The Balaban J connectivity index is 1.16. The lowest BCUT2D eigenvalue weighted by Gasteiger charge is -2.10. The number of fused-ring (bicyclic) bond motifs is 4. The van der Waals surface area contributed by atoms with Crippen molar-refractivity contribution in [3.63, 3.8) is 0 Å². The van der Waals surface area contributed by atoms with Gasteiger partial charge in [0.1, 0.15) is 0 Å². The number of benzene rings is 4. The first-order chi connectivity index (χ1) is 18.0. The van der Waals surface area contributed by atoms with Gasteiger partial charge < -0.3 is 5.11 Å². The number of hydrogen-bond acceptors (Lipinski definition) is 4. The van der Waals surface area contributed by atoms with Crippen molar-refractivity contribution in [3.05, 3.63) is 149 Å². The Morgan fingerprint density at radius 3 is 1.49 bits per heavy atom. The van der Waals surface area contributed by atoms with E-state index in [4.69, 9.17) is 0 Å². The van der Waals surface area contributed by atoms with Crippen molar-refractivity contribution < 1.29 is 19.5 Å². The summed E-state index contributed by atoms with van der Waals surface area (Å²) in [5, 5.41) is 16.5. The van der Waals surface area contributed by atoms with E-state index in [-0.39, 0.29) is 34.3 Å². The van der Waals surface area contributed by atoms with Crippen LogP contribution in [-0.2, 0) is 0 Å². The van der Waals surface area contributed by atoms with Gasteiger partial charge in [-0.25, -0.2) is 0 Å². The molecule has 0 heterocycles. The van der Waals surface area contributed by atoms with E-state index in [9.17, 15) is 19.5 Å². The summed E-state index contributed by atoms with van der Waals surface area (Å²) >= 11 is 0. The highest BCUT2D eigenvalue weighted by Crippen LogP contribution is 2.33. The highest BCUT2D eigenvalue weighted by atomic mass is 16.3. The fourth-order valence-corrected chi connectivity index (χ4v) is 4.82. The van der Waals surface area contributed by atoms with Crippen LogP contribution in [0.1, 0.15) is 36.6 Å². The van der Waals surface area contributed by atoms with Crippen LogP contribution in [0, 0.1) is 0 Å². The summed E-state index contributed by atoms with van der Waals surface area (Å²) in [5.41, 5.74) is 1.98. The fourth-order valence-electron chi connectivity index (χ4n) is 4.82. The maximum Gasteiger partial charge on any atom is 0.197 e. The SMILES string of the molecule is O=C1C(=C/C=C/C=C/C=C/C2=C([O-])c3cc4ccccc4cc3C2=O)C(=O)c2cc3ccccc3cc21. The summed E-state index contributed by atoms with van der Waals surface area (Å²) in [4.78, 5) is 38.3. The van der Waals surface area contributed by atoms with Crippen LogP contribution < -0.4 is 5.11 Å². The summed E-state index contributed by atoms with van der Waals surface area (Å²) < 4.78 is 0. The van der Waals surface area contributed by atoms with Gasteiger partial charge in [0.25, 0.3) is 0 Å². The molecule has 0 amide bonds. The summed E-state index contributed by atoms with van der Waals surface area (Å²) in [7, 11) is 0. The van der Waals surface area contributed by atoms with E-state index in [0.717, 1.165) is 21.5 Å². The molecule has 4 nitrogen and oxygen atoms in total. The number of rotatable bonds is 4. The van der Waals surface area contributed by atoms with Crippen LogP contribution in [0.4, 0.5) is 0 Å². The Hall–Kier alpha value is -5.09. The molecular formula is C33H19O4-. The molecule has 4 aromatic rings. The van der Waals surface area contributed by atoms with Gasteiger partial charge in [0, 0.05) is 22.3 Å². The summed E-state index contributed by atoms with van der Waals surface area (Å²) in [5.74, 6) is -1.11. The first-order valence-electron chi connectivity index (χ1n) is 11.9. The van der Waals surface area contributed by atoms with Crippen molar-refractivity contribution in [1.82, 2.24) is 0 Å². The minimum Gasteiger partial charge on any atom is -0.872 e. The normalized spacial score (nSPS) is 15.4. The number of ketones is 3. The van der Waals surface area contributed by atoms with Crippen molar-refractivity contribution >= 4 is 44.7 Å². The lowest BCUT2D eigenvalue weighted by atomic mass is 10.0. The Morgan fingerprint density at radius 2 is 0.946 bits per heavy atom. The Bertz CT molecular complexity index is 1770. The van der Waals surface area contributed by atoms with E-state index in [2.05, 4.69) is 0 Å². The summed E-state index contributed by atoms with van der Waals surface area (Å²) in [6, 6.07) is 22.3. The van der Waals surface area contributed by atoms with Gasteiger partial charge in [0.15, 0.2) is 17.3 Å². The van der Waals surface area contributed by atoms with Crippen LogP contribution in [-0.4, -0.2) is 17.3 Å². The van der Waals surface area contributed by atoms with Gasteiger partial charge >= 0.3 is 0 Å². The van der Waals surface area contributed by atoms with Crippen LogP contribution in [0.5, 0.6) is 0 Å². The smallest absolute Gasteiger partial charge is 0.197 e. The molecule has 4 heteroatoms. The number of allylic oxidation sites excluding steroid dienone is 9. The average Bonchev–Trinajstić information content (AvgIpc) is 3.29. The maximum absolute atomic E-state index is 12.8. The summed E-state index contributed by atoms with van der Waals surface area (Å²) in [6.45, 7) is 0.